The molecule has 0 aliphatic carbocycles. The number of methoxy groups -OCH3 is 2. The molecule has 31 heavy (non-hydrogen) atoms. The van der Waals surface area contributed by atoms with E-state index in [1.54, 1.807) is 26.4 Å². The van der Waals surface area contributed by atoms with Crippen LogP contribution in [0.4, 0.5) is 5.69 Å². The highest BCUT2D eigenvalue weighted by Gasteiger charge is 2.24. The highest BCUT2D eigenvalue weighted by molar-refractivity contribution is 6.03. The van der Waals surface area contributed by atoms with Crippen molar-refractivity contribution in [2.24, 2.45) is 7.05 Å². The van der Waals surface area contributed by atoms with Crippen LogP contribution in [-0.2, 0) is 26.6 Å². The predicted octanol–water partition coefficient (Wildman–Crippen LogP) is 4.16. The Bertz CT molecular complexity index is 1090. The molecule has 0 saturated heterocycles. The van der Waals surface area contributed by atoms with Gasteiger partial charge in [0.15, 0.2) is 11.5 Å². The second-order valence-corrected chi connectivity index (χ2v) is 8.03. The normalized spacial score (nSPS) is 13.5. The molecule has 0 bridgehead atoms. The summed E-state index contributed by atoms with van der Waals surface area (Å²) in [5, 5.41) is 2.98. The van der Waals surface area contributed by atoms with E-state index in [2.05, 4.69) is 41.4 Å². The van der Waals surface area contributed by atoms with Gasteiger partial charge in [-0.25, -0.2) is 0 Å². The number of carbonyl (C=O) groups is 1. The molecule has 6 nitrogen and oxygen atoms in total. The molecule has 3 aromatic rings. The maximum absolute atomic E-state index is 13.0. The minimum Gasteiger partial charge on any atom is -0.493 e. The van der Waals surface area contributed by atoms with Gasteiger partial charge in [0.25, 0.3) is 5.91 Å². The fourth-order valence-electron chi connectivity index (χ4n) is 4.17. The molecule has 0 saturated carbocycles. The first-order valence-corrected chi connectivity index (χ1v) is 10.5. The van der Waals surface area contributed by atoms with Crippen LogP contribution in [0.2, 0.25) is 0 Å². The number of carbonyl (C=O) groups excluding carboxylic acids is 1. The Hall–Kier alpha value is -3.25. The monoisotopic (exact) mass is 419 g/mol. The lowest BCUT2D eigenvalue weighted by molar-refractivity contribution is 0.101. The minimum atomic E-state index is -0.130. The van der Waals surface area contributed by atoms with E-state index < -0.39 is 0 Å². The molecular weight excluding hydrogens is 390 g/mol. The first-order chi connectivity index (χ1) is 15.0. The van der Waals surface area contributed by atoms with Crippen LogP contribution in [0.1, 0.15) is 32.9 Å². The summed E-state index contributed by atoms with van der Waals surface area (Å²) >= 11 is 0. The van der Waals surface area contributed by atoms with E-state index in [-0.39, 0.29) is 5.91 Å². The Morgan fingerprint density at radius 1 is 1.03 bits per heavy atom. The molecular formula is C25H29N3O3. The van der Waals surface area contributed by atoms with Crippen molar-refractivity contribution in [1.82, 2.24) is 9.47 Å². The van der Waals surface area contributed by atoms with Gasteiger partial charge in [0.05, 0.1) is 14.2 Å². The molecule has 2 heterocycles. The summed E-state index contributed by atoms with van der Waals surface area (Å²) in [6, 6.07) is 16.1. The van der Waals surface area contributed by atoms with E-state index in [1.165, 1.54) is 22.4 Å². The van der Waals surface area contributed by atoms with Crippen LogP contribution in [0, 0.1) is 6.92 Å². The Morgan fingerprint density at radius 3 is 2.48 bits per heavy atom. The van der Waals surface area contributed by atoms with Gasteiger partial charge in [0.1, 0.15) is 5.69 Å². The molecule has 1 aliphatic rings. The summed E-state index contributed by atoms with van der Waals surface area (Å²) in [7, 11) is 5.14. The summed E-state index contributed by atoms with van der Waals surface area (Å²) in [4.78, 5) is 15.4. The molecule has 4 rings (SSSR count). The van der Waals surface area contributed by atoms with Crippen LogP contribution >= 0.6 is 0 Å². The van der Waals surface area contributed by atoms with E-state index >= 15 is 0 Å². The number of hydrogen-bond donors (Lipinski definition) is 1. The molecule has 0 unspecified atom stereocenters. The van der Waals surface area contributed by atoms with Crippen molar-refractivity contribution in [1.29, 1.82) is 0 Å². The van der Waals surface area contributed by atoms with Gasteiger partial charge in [0.2, 0.25) is 0 Å². The highest BCUT2D eigenvalue weighted by atomic mass is 16.5. The number of aromatic nitrogens is 1. The molecule has 1 amide bonds. The second kappa shape index (κ2) is 8.86. The fourth-order valence-corrected chi connectivity index (χ4v) is 4.17. The van der Waals surface area contributed by atoms with Crippen LogP contribution in [0.15, 0.2) is 48.5 Å². The zero-order chi connectivity index (χ0) is 22.0. The SMILES string of the molecule is COc1ccc(NC(=O)c2cc3c(n2C)CCN(Cc2ccc(C)cc2)C3)cc1OC. The number of nitrogens with one attached hydrogen (secondary N) is 1. The third-order valence-electron chi connectivity index (χ3n) is 5.91. The van der Waals surface area contributed by atoms with E-state index in [0.717, 1.165) is 26.1 Å². The number of fused-ring (bicyclic) bond motifs is 1. The molecule has 1 N–H and O–H groups in total. The molecule has 6 heteroatoms. The predicted molar refractivity (Wildman–Crippen MR) is 122 cm³/mol. The van der Waals surface area contributed by atoms with Gasteiger partial charge in [-0.15, -0.1) is 0 Å². The van der Waals surface area contributed by atoms with Gasteiger partial charge in [-0.05, 0) is 36.2 Å². The average Bonchev–Trinajstić information content (AvgIpc) is 3.11. The Labute approximate surface area is 183 Å². The number of amides is 1. The molecule has 0 fully saturated rings. The number of nitrogens with zero attached hydrogens (tertiary/aromatic N) is 2. The highest BCUT2D eigenvalue weighted by Crippen LogP contribution is 2.30. The van der Waals surface area contributed by atoms with Crippen molar-refractivity contribution in [3.63, 3.8) is 0 Å². The van der Waals surface area contributed by atoms with E-state index in [9.17, 15) is 4.79 Å². The van der Waals surface area contributed by atoms with Gasteiger partial charge >= 0.3 is 0 Å². The zero-order valence-electron chi connectivity index (χ0n) is 18.6. The van der Waals surface area contributed by atoms with Crippen molar-refractivity contribution in [2.75, 3.05) is 26.1 Å². The number of anilines is 1. The lowest BCUT2D eigenvalue weighted by Crippen LogP contribution is -2.30. The number of ether oxygens (including phenoxy) is 2. The average molecular weight is 420 g/mol. The summed E-state index contributed by atoms with van der Waals surface area (Å²) in [5.74, 6) is 1.08. The Morgan fingerprint density at radius 2 is 1.77 bits per heavy atom. The van der Waals surface area contributed by atoms with Gasteiger partial charge < -0.3 is 19.4 Å². The summed E-state index contributed by atoms with van der Waals surface area (Å²) in [6.45, 7) is 4.85. The third-order valence-corrected chi connectivity index (χ3v) is 5.91. The van der Waals surface area contributed by atoms with Crippen LogP contribution < -0.4 is 14.8 Å². The number of aryl methyl sites for hydroxylation is 1. The number of benzene rings is 2. The standard InChI is InChI=1S/C25H29N3O3/c1-17-5-7-18(8-6-17)15-28-12-11-21-19(16-28)13-22(27(21)2)25(29)26-20-9-10-23(30-3)24(14-20)31-4/h5-10,13-14H,11-12,15-16H2,1-4H3,(H,26,29). The Kier molecular flexibility index (Phi) is 6.00. The molecule has 0 radical (unpaired) electrons. The summed E-state index contributed by atoms with van der Waals surface area (Å²) in [5.41, 5.74) is 6.38. The van der Waals surface area contributed by atoms with Crippen molar-refractivity contribution in [3.05, 3.63) is 76.6 Å². The number of rotatable bonds is 6. The van der Waals surface area contributed by atoms with Gasteiger partial charge in [-0.1, -0.05) is 29.8 Å². The van der Waals surface area contributed by atoms with E-state index in [4.69, 9.17) is 9.47 Å². The molecule has 0 spiro atoms. The van der Waals surface area contributed by atoms with Crippen LogP contribution in [-0.4, -0.2) is 36.1 Å². The maximum atomic E-state index is 13.0. The first kappa shape index (κ1) is 21.0. The molecule has 0 atom stereocenters. The molecule has 1 aromatic heterocycles. The van der Waals surface area contributed by atoms with Gasteiger partial charge in [0, 0.05) is 50.6 Å². The number of hydrogen-bond acceptors (Lipinski definition) is 4. The van der Waals surface area contributed by atoms with Crippen molar-refractivity contribution in [2.45, 2.75) is 26.4 Å². The topological polar surface area (TPSA) is 55.7 Å². The summed E-state index contributed by atoms with van der Waals surface area (Å²) in [6.07, 6.45) is 0.932. The summed E-state index contributed by atoms with van der Waals surface area (Å²) < 4.78 is 12.6. The van der Waals surface area contributed by atoms with Crippen molar-refractivity contribution < 1.29 is 14.3 Å². The van der Waals surface area contributed by atoms with E-state index in [1.807, 2.05) is 23.7 Å². The maximum Gasteiger partial charge on any atom is 0.272 e. The van der Waals surface area contributed by atoms with Gasteiger partial charge in [-0.3, -0.25) is 9.69 Å². The largest absolute Gasteiger partial charge is 0.493 e. The first-order valence-electron chi connectivity index (χ1n) is 10.5. The molecule has 2 aromatic carbocycles. The van der Waals surface area contributed by atoms with Gasteiger partial charge in [-0.2, -0.15) is 0 Å². The quantitative estimate of drug-likeness (QED) is 0.652. The lowest BCUT2D eigenvalue weighted by Gasteiger charge is -2.27. The van der Waals surface area contributed by atoms with Crippen molar-refractivity contribution in [3.8, 4) is 11.5 Å². The minimum absolute atomic E-state index is 0.130. The van der Waals surface area contributed by atoms with Crippen LogP contribution in [0.5, 0.6) is 11.5 Å². The molecule has 162 valence electrons. The fraction of sp³-hybridized carbons (Fsp3) is 0.320. The third kappa shape index (κ3) is 4.44. The lowest BCUT2D eigenvalue weighted by atomic mass is 10.1. The zero-order valence-corrected chi connectivity index (χ0v) is 18.6. The van der Waals surface area contributed by atoms with Crippen LogP contribution in [0.3, 0.4) is 0 Å². The second-order valence-electron chi connectivity index (χ2n) is 8.03. The smallest absolute Gasteiger partial charge is 0.272 e. The van der Waals surface area contributed by atoms with Crippen molar-refractivity contribution >= 4 is 11.6 Å². The van der Waals surface area contributed by atoms with E-state index in [0.29, 0.717) is 22.9 Å². The molecule has 1 aliphatic heterocycles. The Balaban J connectivity index is 1.48. The van der Waals surface area contributed by atoms with Crippen LogP contribution in [0.25, 0.3) is 0 Å².